The largest absolute Gasteiger partial charge is 0.444 e. The number of nitrogens with zero attached hydrogens (tertiary/aromatic N) is 1. The molecule has 0 aromatic heterocycles. The van der Waals surface area contributed by atoms with Gasteiger partial charge >= 0.3 is 6.09 Å². The minimum Gasteiger partial charge on any atom is -0.444 e. The van der Waals surface area contributed by atoms with Gasteiger partial charge in [0.2, 0.25) is 0 Å². The van der Waals surface area contributed by atoms with Gasteiger partial charge in [0.25, 0.3) is 0 Å². The van der Waals surface area contributed by atoms with Crippen molar-refractivity contribution in [2.75, 3.05) is 13.6 Å². The van der Waals surface area contributed by atoms with Crippen molar-refractivity contribution in [2.24, 2.45) is 0 Å². The number of ether oxygens (including phenoxy) is 1. The molecule has 0 radical (unpaired) electrons. The van der Waals surface area contributed by atoms with Crippen LogP contribution in [0.4, 0.5) is 4.79 Å². The lowest BCUT2D eigenvalue weighted by atomic mass is 10.0. The summed E-state index contributed by atoms with van der Waals surface area (Å²) in [5.74, 6) is 0. The maximum absolute atomic E-state index is 12.1. The van der Waals surface area contributed by atoms with E-state index < -0.39 is 5.60 Å². The molecule has 1 atom stereocenters. The van der Waals surface area contributed by atoms with Gasteiger partial charge < -0.3 is 15.0 Å². The van der Waals surface area contributed by atoms with Crippen molar-refractivity contribution >= 4 is 6.09 Å². The number of nitrogens with one attached hydrogen (secondary N) is 1. The molecule has 0 spiro atoms. The van der Waals surface area contributed by atoms with Crippen molar-refractivity contribution in [1.82, 2.24) is 10.2 Å². The zero-order chi connectivity index (χ0) is 17.5. The summed E-state index contributed by atoms with van der Waals surface area (Å²) in [7, 11) is 2.11. The van der Waals surface area contributed by atoms with Gasteiger partial charge in [0, 0.05) is 18.6 Å². The number of benzene rings is 1. The van der Waals surface area contributed by atoms with Crippen LogP contribution in [0, 0.1) is 0 Å². The first kappa shape index (κ1) is 19.5. The molecule has 1 N–H and O–H groups in total. The Kier molecular flexibility index (Phi) is 7.56. The maximum Gasteiger partial charge on any atom is 0.407 e. The summed E-state index contributed by atoms with van der Waals surface area (Å²) in [5.41, 5.74) is 0.747. The van der Waals surface area contributed by atoms with Gasteiger partial charge in [-0.15, -0.1) is 0 Å². The molecule has 1 amide bonds. The first-order valence-electron chi connectivity index (χ1n) is 8.41. The van der Waals surface area contributed by atoms with Crippen LogP contribution in [0.5, 0.6) is 0 Å². The predicted octanol–water partition coefficient (Wildman–Crippen LogP) is 3.85. The number of rotatable bonds is 7. The van der Waals surface area contributed by atoms with Crippen molar-refractivity contribution < 1.29 is 9.53 Å². The van der Waals surface area contributed by atoms with E-state index in [2.05, 4.69) is 43.2 Å². The normalized spacial score (nSPS) is 13.2. The van der Waals surface area contributed by atoms with Crippen LogP contribution < -0.4 is 5.32 Å². The van der Waals surface area contributed by atoms with Crippen molar-refractivity contribution in [2.45, 2.75) is 65.1 Å². The molecule has 23 heavy (non-hydrogen) atoms. The Morgan fingerprint density at radius 2 is 1.83 bits per heavy atom. The Morgan fingerprint density at radius 3 is 2.35 bits per heavy atom. The molecule has 0 fully saturated rings. The van der Waals surface area contributed by atoms with E-state index in [4.69, 9.17) is 4.74 Å². The van der Waals surface area contributed by atoms with Gasteiger partial charge in [-0.25, -0.2) is 4.79 Å². The van der Waals surface area contributed by atoms with Gasteiger partial charge in [-0.2, -0.15) is 0 Å². The monoisotopic (exact) mass is 320 g/mol. The highest BCUT2D eigenvalue weighted by Gasteiger charge is 2.20. The van der Waals surface area contributed by atoms with E-state index in [1.54, 1.807) is 0 Å². The fourth-order valence-corrected chi connectivity index (χ4v) is 2.22. The second kappa shape index (κ2) is 8.92. The van der Waals surface area contributed by atoms with Crippen LogP contribution in [0.2, 0.25) is 0 Å². The Hall–Kier alpha value is -1.55. The minimum absolute atomic E-state index is 0.0634. The van der Waals surface area contributed by atoms with E-state index in [1.165, 1.54) is 5.56 Å². The molecule has 0 aliphatic heterocycles. The van der Waals surface area contributed by atoms with Gasteiger partial charge in [0.1, 0.15) is 5.60 Å². The lowest BCUT2D eigenvalue weighted by molar-refractivity contribution is 0.0498. The first-order valence-corrected chi connectivity index (χ1v) is 8.41. The van der Waals surface area contributed by atoms with Crippen molar-refractivity contribution in [3.05, 3.63) is 35.9 Å². The highest BCUT2D eigenvalue weighted by Crippen LogP contribution is 2.10. The number of hydrogen-bond acceptors (Lipinski definition) is 3. The Labute approximate surface area is 141 Å². The lowest BCUT2D eigenvalue weighted by Crippen LogP contribution is -2.42. The summed E-state index contributed by atoms with van der Waals surface area (Å²) in [5, 5.41) is 3.03. The molecule has 1 aromatic carbocycles. The molecular formula is C19H32N2O2. The standard InChI is InChI=1S/C19H32N2O2/c1-15(2)21(6)13-12-17(14-16-10-8-7-9-11-16)20-18(22)23-19(3,4)5/h7-11,15,17H,12-14H2,1-6H3,(H,20,22)/t17-/m1/s1. The van der Waals surface area contributed by atoms with Gasteiger partial charge in [-0.3, -0.25) is 0 Å². The molecule has 4 nitrogen and oxygen atoms in total. The second-order valence-electron chi connectivity index (χ2n) is 7.40. The average Bonchev–Trinajstić information content (AvgIpc) is 2.43. The SMILES string of the molecule is CC(C)N(C)CC[C@H](Cc1ccccc1)NC(=O)OC(C)(C)C. The fourth-order valence-electron chi connectivity index (χ4n) is 2.22. The first-order chi connectivity index (χ1) is 10.7. The second-order valence-corrected chi connectivity index (χ2v) is 7.40. The molecule has 0 aliphatic carbocycles. The quantitative estimate of drug-likeness (QED) is 0.829. The van der Waals surface area contributed by atoms with Crippen LogP contribution >= 0.6 is 0 Å². The topological polar surface area (TPSA) is 41.6 Å². The summed E-state index contributed by atoms with van der Waals surface area (Å²) in [6, 6.07) is 10.8. The summed E-state index contributed by atoms with van der Waals surface area (Å²) < 4.78 is 5.40. The van der Waals surface area contributed by atoms with E-state index in [0.29, 0.717) is 6.04 Å². The Morgan fingerprint density at radius 1 is 1.22 bits per heavy atom. The van der Waals surface area contributed by atoms with E-state index >= 15 is 0 Å². The molecule has 130 valence electrons. The predicted molar refractivity (Wildman–Crippen MR) is 95.7 cm³/mol. The molecule has 0 aliphatic rings. The van der Waals surface area contributed by atoms with Gasteiger partial charge in [-0.1, -0.05) is 30.3 Å². The number of carbonyl (C=O) groups is 1. The third-order valence-electron chi connectivity index (χ3n) is 3.76. The van der Waals surface area contributed by atoms with E-state index in [0.717, 1.165) is 19.4 Å². The van der Waals surface area contributed by atoms with Crippen LogP contribution in [0.3, 0.4) is 0 Å². The van der Waals surface area contributed by atoms with Crippen LogP contribution in [0.25, 0.3) is 0 Å². The van der Waals surface area contributed by atoms with E-state index in [-0.39, 0.29) is 12.1 Å². The van der Waals surface area contributed by atoms with Crippen molar-refractivity contribution in [3.63, 3.8) is 0 Å². The number of alkyl carbamates (subject to hydrolysis) is 1. The average molecular weight is 320 g/mol. The smallest absolute Gasteiger partial charge is 0.407 e. The van der Waals surface area contributed by atoms with Crippen molar-refractivity contribution in [1.29, 1.82) is 0 Å². The third-order valence-corrected chi connectivity index (χ3v) is 3.76. The van der Waals surface area contributed by atoms with Crippen LogP contribution in [-0.4, -0.2) is 42.3 Å². The highest BCUT2D eigenvalue weighted by atomic mass is 16.6. The number of carbonyl (C=O) groups excluding carboxylic acids is 1. The lowest BCUT2D eigenvalue weighted by Gasteiger charge is -2.26. The summed E-state index contributed by atoms with van der Waals surface area (Å²) in [4.78, 5) is 14.4. The zero-order valence-corrected chi connectivity index (χ0v) is 15.4. The van der Waals surface area contributed by atoms with E-state index in [1.807, 2.05) is 39.0 Å². The van der Waals surface area contributed by atoms with Crippen LogP contribution in [0.1, 0.15) is 46.6 Å². The third kappa shape index (κ3) is 8.60. The summed E-state index contributed by atoms with van der Waals surface area (Å²) >= 11 is 0. The van der Waals surface area contributed by atoms with Gasteiger partial charge in [0.15, 0.2) is 0 Å². The Balaban J connectivity index is 2.66. The molecule has 0 bridgehead atoms. The molecule has 0 heterocycles. The number of hydrogen-bond donors (Lipinski definition) is 1. The number of amides is 1. The maximum atomic E-state index is 12.1. The van der Waals surface area contributed by atoms with Gasteiger partial charge in [0.05, 0.1) is 0 Å². The summed E-state index contributed by atoms with van der Waals surface area (Å²) in [6.07, 6.45) is 1.36. The van der Waals surface area contributed by atoms with Crippen LogP contribution in [-0.2, 0) is 11.2 Å². The molecule has 0 saturated carbocycles. The van der Waals surface area contributed by atoms with Crippen molar-refractivity contribution in [3.8, 4) is 0 Å². The molecule has 1 rings (SSSR count). The summed E-state index contributed by atoms with van der Waals surface area (Å²) in [6.45, 7) is 10.9. The van der Waals surface area contributed by atoms with Gasteiger partial charge in [-0.05, 0) is 60.1 Å². The molecular weight excluding hydrogens is 288 g/mol. The zero-order valence-electron chi connectivity index (χ0n) is 15.4. The molecule has 1 aromatic rings. The molecule has 0 unspecified atom stereocenters. The van der Waals surface area contributed by atoms with Crippen LogP contribution in [0.15, 0.2) is 30.3 Å². The fraction of sp³-hybridized carbons (Fsp3) is 0.632. The molecule has 0 saturated heterocycles. The molecule has 4 heteroatoms. The minimum atomic E-state index is -0.476. The highest BCUT2D eigenvalue weighted by molar-refractivity contribution is 5.68. The van der Waals surface area contributed by atoms with E-state index in [9.17, 15) is 4.79 Å². The Bertz CT molecular complexity index is 466.